The van der Waals surface area contributed by atoms with Crippen LogP contribution in [0.15, 0.2) is 47.4 Å². The number of likely N-dealkylation sites (tertiary alicyclic amines) is 1. The molecule has 0 saturated carbocycles. The number of fused-ring (bicyclic) bond motifs is 1. The van der Waals surface area contributed by atoms with E-state index in [1.165, 1.54) is 29.2 Å². The zero-order valence-corrected chi connectivity index (χ0v) is 19.6. The Morgan fingerprint density at radius 2 is 1.56 bits per heavy atom. The Kier molecular flexibility index (Phi) is 6.47. The third-order valence-corrected chi connectivity index (χ3v) is 7.16. The lowest BCUT2D eigenvalue weighted by atomic mass is 9.85. The van der Waals surface area contributed by atoms with Gasteiger partial charge in [-0.1, -0.05) is 12.2 Å². The molecule has 178 valence electrons. The smallest absolute Gasteiger partial charge is 0.264 e. The Morgan fingerprint density at radius 3 is 2.12 bits per heavy atom. The van der Waals surface area contributed by atoms with Crippen LogP contribution in [0.1, 0.15) is 30.7 Å². The van der Waals surface area contributed by atoms with Gasteiger partial charge in [0.2, 0.25) is 23.7 Å². The minimum atomic E-state index is -3.91. The molecule has 1 aliphatic heterocycles. The van der Waals surface area contributed by atoms with Gasteiger partial charge in [0.15, 0.2) is 0 Å². The first-order chi connectivity index (χ1) is 16.1. The first-order valence-corrected chi connectivity index (χ1v) is 12.4. The van der Waals surface area contributed by atoms with Gasteiger partial charge in [-0.05, 0) is 57.0 Å². The van der Waals surface area contributed by atoms with Crippen molar-refractivity contribution in [3.05, 3.63) is 53.9 Å². The number of nitrogens with one attached hydrogen (secondary N) is 2. The van der Waals surface area contributed by atoms with Crippen molar-refractivity contribution in [2.75, 3.05) is 16.6 Å². The molecule has 4 rings (SSSR count). The Bertz CT molecular complexity index is 1230. The molecule has 1 aliphatic carbocycles. The number of aryl methyl sites for hydroxylation is 2. The van der Waals surface area contributed by atoms with Gasteiger partial charge in [0.05, 0.1) is 16.7 Å². The summed E-state index contributed by atoms with van der Waals surface area (Å²) in [5.41, 5.74) is 1.66. The molecule has 34 heavy (non-hydrogen) atoms. The second-order valence-electron chi connectivity index (χ2n) is 8.39. The average Bonchev–Trinajstić information content (AvgIpc) is 3.01. The number of rotatable bonds is 7. The normalized spacial score (nSPS) is 19.8. The Hall–Kier alpha value is -3.60. The van der Waals surface area contributed by atoms with Crippen LogP contribution in [0.25, 0.3) is 0 Å². The van der Waals surface area contributed by atoms with Crippen molar-refractivity contribution in [2.24, 2.45) is 11.8 Å². The van der Waals surface area contributed by atoms with Crippen molar-refractivity contribution in [3.63, 3.8) is 0 Å². The Morgan fingerprint density at radius 1 is 1.00 bits per heavy atom. The molecule has 1 aromatic heterocycles. The molecule has 10 nitrogen and oxygen atoms in total. The number of benzene rings is 1. The maximum absolute atomic E-state index is 12.6. The van der Waals surface area contributed by atoms with Crippen LogP contribution < -0.4 is 10.0 Å². The number of sulfonamides is 1. The molecule has 2 heterocycles. The molecule has 11 heteroatoms. The monoisotopic (exact) mass is 483 g/mol. The summed E-state index contributed by atoms with van der Waals surface area (Å²) >= 11 is 0. The van der Waals surface area contributed by atoms with Gasteiger partial charge in [-0.3, -0.25) is 19.3 Å². The van der Waals surface area contributed by atoms with E-state index in [1.54, 1.807) is 19.9 Å². The zero-order valence-electron chi connectivity index (χ0n) is 18.8. The number of nitrogens with zero attached hydrogens (tertiary/aromatic N) is 3. The second kappa shape index (κ2) is 9.34. The fraction of sp³-hybridized carbons (Fsp3) is 0.348. The van der Waals surface area contributed by atoms with E-state index in [9.17, 15) is 22.8 Å². The van der Waals surface area contributed by atoms with Crippen LogP contribution in [0.2, 0.25) is 0 Å². The van der Waals surface area contributed by atoms with Crippen molar-refractivity contribution in [2.45, 2.75) is 38.0 Å². The summed E-state index contributed by atoms with van der Waals surface area (Å²) in [6.07, 6.45) is 4.89. The van der Waals surface area contributed by atoms with E-state index in [0.717, 1.165) is 0 Å². The van der Waals surface area contributed by atoms with Crippen LogP contribution in [0.4, 0.5) is 11.6 Å². The van der Waals surface area contributed by atoms with E-state index in [1.807, 2.05) is 12.2 Å². The molecule has 1 aromatic carbocycles. The highest BCUT2D eigenvalue weighted by Gasteiger charge is 2.46. The highest BCUT2D eigenvalue weighted by molar-refractivity contribution is 7.92. The number of allylic oxidation sites excluding steroid dienone is 2. The van der Waals surface area contributed by atoms with E-state index in [0.29, 0.717) is 29.9 Å². The fourth-order valence-corrected chi connectivity index (χ4v) is 5.14. The largest absolute Gasteiger partial charge is 0.326 e. The lowest BCUT2D eigenvalue weighted by Gasteiger charge is -2.14. The van der Waals surface area contributed by atoms with Crippen molar-refractivity contribution in [1.82, 2.24) is 14.9 Å². The lowest BCUT2D eigenvalue weighted by Crippen LogP contribution is -2.34. The van der Waals surface area contributed by atoms with Crippen LogP contribution in [0.3, 0.4) is 0 Å². The second-order valence-corrected chi connectivity index (χ2v) is 10.1. The molecule has 1 fully saturated rings. The average molecular weight is 484 g/mol. The minimum Gasteiger partial charge on any atom is -0.326 e. The molecule has 2 aromatic rings. The molecule has 1 saturated heterocycles. The van der Waals surface area contributed by atoms with Crippen LogP contribution in [-0.2, 0) is 24.4 Å². The lowest BCUT2D eigenvalue weighted by molar-refractivity contribution is -0.140. The quantitative estimate of drug-likeness (QED) is 0.455. The van der Waals surface area contributed by atoms with Crippen molar-refractivity contribution in [3.8, 4) is 0 Å². The zero-order chi connectivity index (χ0) is 24.5. The van der Waals surface area contributed by atoms with E-state index in [4.69, 9.17) is 0 Å². The van der Waals surface area contributed by atoms with Gasteiger partial charge in [-0.15, -0.1) is 0 Å². The van der Waals surface area contributed by atoms with E-state index >= 15 is 0 Å². The SMILES string of the molecule is Cc1cc(C)nc(NS(=O)(=O)c2ccc(NC(=O)CCN3C(=O)[C@H]4CC=CC[C@H]4C3=O)cc2)n1. The van der Waals surface area contributed by atoms with Gasteiger partial charge in [-0.25, -0.2) is 23.1 Å². The molecule has 0 bridgehead atoms. The predicted octanol–water partition coefficient (Wildman–Crippen LogP) is 2.17. The van der Waals surface area contributed by atoms with Crippen molar-refractivity contribution >= 4 is 39.4 Å². The summed E-state index contributed by atoms with van der Waals surface area (Å²) in [5.74, 6) is -1.48. The van der Waals surface area contributed by atoms with Gasteiger partial charge in [0.25, 0.3) is 10.0 Å². The van der Waals surface area contributed by atoms with Gasteiger partial charge in [-0.2, -0.15) is 0 Å². The van der Waals surface area contributed by atoms with E-state index in [2.05, 4.69) is 20.0 Å². The molecular weight excluding hydrogens is 458 g/mol. The summed E-state index contributed by atoms with van der Waals surface area (Å²) in [6, 6.07) is 7.36. The van der Waals surface area contributed by atoms with Gasteiger partial charge < -0.3 is 5.32 Å². The number of aromatic nitrogens is 2. The summed E-state index contributed by atoms with van der Waals surface area (Å²) < 4.78 is 27.6. The third kappa shape index (κ3) is 4.98. The van der Waals surface area contributed by atoms with Gasteiger partial charge in [0, 0.05) is 30.0 Å². The van der Waals surface area contributed by atoms with Crippen molar-refractivity contribution < 1.29 is 22.8 Å². The number of hydrogen-bond donors (Lipinski definition) is 2. The van der Waals surface area contributed by atoms with Crippen LogP contribution in [0.5, 0.6) is 0 Å². The topological polar surface area (TPSA) is 138 Å². The molecule has 2 atom stereocenters. The van der Waals surface area contributed by atoms with Gasteiger partial charge in [0.1, 0.15) is 0 Å². The number of hydrogen-bond acceptors (Lipinski definition) is 7. The summed E-state index contributed by atoms with van der Waals surface area (Å²) in [4.78, 5) is 46.7. The number of imide groups is 1. The van der Waals surface area contributed by atoms with Gasteiger partial charge >= 0.3 is 0 Å². The third-order valence-electron chi connectivity index (χ3n) is 5.82. The number of carbonyl (C=O) groups is 3. The minimum absolute atomic E-state index is 0.0160. The number of carbonyl (C=O) groups excluding carboxylic acids is 3. The number of amides is 3. The maximum atomic E-state index is 12.6. The first-order valence-electron chi connectivity index (χ1n) is 10.9. The summed E-state index contributed by atoms with van der Waals surface area (Å²) in [6.45, 7) is 3.50. The predicted molar refractivity (Wildman–Crippen MR) is 124 cm³/mol. The Labute approximate surface area is 197 Å². The number of anilines is 2. The first kappa shape index (κ1) is 23.6. The maximum Gasteiger partial charge on any atom is 0.264 e. The fourth-order valence-electron chi connectivity index (χ4n) is 4.19. The van der Waals surface area contributed by atoms with Crippen molar-refractivity contribution in [1.29, 1.82) is 0 Å². The van der Waals surface area contributed by atoms with E-state index in [-0.39, 0.29) is 53.4 Å². The molecular formula is C23H25N5O5S. The van der Waals surface area contributed by atoms with Crippen LogP contribution in [0, 0.1) is 25.7 Å². The molecule has 2 N–H and O–H groups in total. The highest BCUT2D eigenvalue weighted by Crippen LogP contribution is 2.35. The molecule has 0 unspecified atom stereocenters. The van der Waals surface area contributed by atoms with Crippen LogP contribution in [-0.4, -0.2) is 47.6 Å². The molecule has 0 spiro atoms. The van der Waals surface area contributed by atoms with Crippen LogP contribution >= 0.6 is 0 Å². The summed E-state index contributed by atoms with van der Waals surface area (Å²) in [5, 5.41) is 2.66. The van der Waals surface area contributed by atoms with E-state index < -0.39 is 10.0 Å². The molecule has 3 amide bonds. The molecule has 2 aliphatic rings. The Balaban J connectivity index is 1.34. The highest BCUT2D eigenvalue weighted by atomic mass is 32.2. The molecule has 0 radical (unpaired) electrons. The standard InChI is InChI=1S/C23H25N5O5S/c1-14-13-15(2)25-23(24-14)27-34(32,33)17-9-7-16(8-10-17)26-20(29)11-12-28-21(30)18-5-3-4-6-19(18)22(28)31/h3-4,7-10,13,18-19H,5-6,11-12H2,1-2H3,(H,26,29)(H,24,25,27)/t18-,19+. The summed E-state index contributed by atoms with van der Waals surface area (Å²) in [7, 11) is -3.91.